The minimum absolute atomic E-state index is 0.101. The second kappa shape index (κ2) is 6.34. The lowest BCUT2D eigenvalue weighted by molar-refractivity contribution is 0.502. The summed E-state index contributed by atoms with van der Waals surface area (Å²) in [5.74, 6) is 0. The molecule has 0 radical (unpaired) electrons. The molecule has 0 aliphatic heterocycles. The highest BCUT2D eigenvalue weighted by Crippen LogP contribution is 2.28. The molecule has 1 atom stereocenters. The van der Waals surface area contributed by atoms with Gasteiger partial charge in [-0.15, -0.1) is 0 Å². The fourth-order valence-corrected chi connectivity index (χ4v) is 2.73. The summed E-state index contributed by atoms with van der Waals surface area (Å²) in [4.78, 5) is 0. The lowest BCUT2D eigenvalue weighted by Gasteiger charge is -2.20. The summed E-state index contributed by atoms with van der Waals surface area (Å²) in [5, 5.41) is 12.3. The van der Waals surface area contributed by atoms with Crippen molar-refractivity contribution in [1.82, 2.24) is 24.9 Å². The standard InChI is InChI=1S/C13H20BrN5/c1-4-7-15-12(11-6-8-16-18(11)3)13-10(14)9-17-19(13)5-2/h6,8-9,12,15H,4-5,7H2,1-3H3. The van der Waals surface area contributed by atoms with E-state index in [1.165, 1.54) is 0 Å². The molecule has 2 aromatic heterocycles. The third kappa shape index (κ3) is 2.90. The largest absolute Gasteiger partial charge is 0.304 e. The third-order valence-corrected chi connectivity index (χ3v) is 3.77. The summed E-state index contributed by atoms with van der Waals surface area (Å²) in [6.07, 6.45) is 4.78. The minimum Gasteiger partial charge on any atom is -0.304 e. The Balaban J connectivity index is 2.42. The Morgan fingerprint density at radius 3 is 2.74 bits per heavy atom. The van der Waals surface area contributed by atoms with Gasteiger partial charge in [0.25, 0.3) is 0 Å². The Labute approximate surface area is 122 Å². The topological polar surface area (TPSA) is 47.7 Å². The normalized spacial score (nSPS) is 12.8. The number of aromatic nitrogens is 4. The van der Waals surface area contributed by atoms with Gasteiger partial charge in [0, 0.05) is 19.8 Å². The molecule has 2 heterocycles. The van der Waals surface area contributed by atoms with E-state index >= 15 is 0 Å². The van der Waals surface area contributed by atoms with Crippen LogP contribution in [0.4, 0.5) is 0 Å². The fraction of sp³-hybridized carbons (Fsp3) is 0.538. The quantitative estimate of drug-likeness (QED) is 0.887. The molecule has 2 rings (SSSR count). The molecule has 0 saturated carbocycles. The zero-order valence-electron chi connectivity index (χ0n) is 11.6. The van der Waals surface area contributed by atoms with Gasteiger partial charge >= 0.3 is 0 Å². The van der Waals surface area contributed by atoms with Crippen molar-refractivity contribution in [2.24, 2.45) is 7.05 Å². The zero-order valence-corrected chi connectivity index (χ0v) is 13.2. The Hall–Kier alpha value is -1.14. The number of rotatable bonds is 6. The fourth-order valence-electron chi connectivity index (χ4n) is 2.21. The van der Waals surface area contributed by atoms with Crippen LogP contribution in [0.25, 0.3) is 0 Å². The van der Waals surface area contributed by atoms with Gasteiger partial charge in [-0.3, -0.25) is 9.36 Å². The van der Waals surface area contributed by atoms with E-state index in [9.17, 15) is 0 Å². The van der Waals surface area contributed by atoms with Crippen LogP contribution in [-0.2, 0) is 13.6 Å². The van der Waals surface area contributed by atoms with Gasteiger partial charge in [0.15, 0.2) is 0 Å². The maximum atomic E-state index is 4.40. The molecule has 0 spiro atoms. The van der Waals surface area contributed by atoms with Crippen molar-refractivity contribution in [2.75, 3.05) is 6.54 Å². The molecule has 0 saturated heterocycles. The van der Waals surface area contributed by atoms with Crippen molar-refractivity contribution >= 4 is 15.9 Å². The molecule has 0 aromatic carbocycles. The van der Waals surface area contributed by atoms with E-state index in [2.05, 4.69) is 45.3 Å². The van der Waals surface area contributed by atoms with Crippen LogP contribution in [0.5, 0.6) is 0 Å². The van der Waals surface area contributed by atoms with Crippen LogP contribution in [0.15, 0.2) is 22.9 Å². The molecule has 0 aliphatic carbocycles. The first-order valence-electron chi connectivity index (χ1n) is 6.61. The van der Waals surface area contributed by atoms with Crippen LogP contribution in [0, 0.1) is 0 Å². The van der Waals surface area contributed by atoms with Crippen LogP contribution in [0.2, 0.25) is 0 Å². The van der Waals surface area contributed by atoms with E-state index in [1.807, 2.05) is 34.9 Å². The SMILES string of the molecule is CCCNC(c1ccnn1C)c1c(Br)cnn1CC. The predicted molar refractivity (Wildman–Crippen MR) is 78.9 cm³/mol. The lowest BCUT2D eigenvalue weighted by Crippen LogP contribution is -2.28. The molecule has 2 aromatic rings. The van der Waals surface area contributed by atoms with Gasteiger partial charge < -0.3 is 5.32 Å². The van der Waals surface area contributed by atoms with Gasteiger partial charge in [-0.2, -0.15) is 10.2 Å². The molecule has 6 heteroatoms. The molecule has 1 N–H and O–H groups in total. The van der Waals surface area contributed by atoms with Crippen LogP contribution in [0.3, 0.4) is 0 Å². The third-order valence-electron chi connectivity index (χ3n) is 3.16. The van der Waals surface area contributed by atoms with Gasteiger partial charge in [0.1, 0.15) is 0 Å². The second-order valence-electron chi connectivity index (χ2n) is 4.46. The van der Waals surface area contributed by atoms with E-state index in [0.717, 1.165) is 35.4 Å². The summed E-state index contributed by atoms with van der Waals surface area (Å²) >= 11 is 3.61. The summed E-state index contributed by atoms with van der Waals surface area (Å²) in [6.45, 7) is 6.07. The highest BCUT2D eigenvalue weighted by atomic mass is 79.9. The van der Waals surface area contributed by atoms with E-state index in [-0.39, 0.29) is 6.04 Å². The molecule has 0 bridgehead atoms. The van der Waals surface area contributed by atoms with Crippen molar-refractivity contribution in [1.29, 1.82) is 0 Å². The summed E-state index contributed by atoms with van der Waals surface area (Å²) in [5.41, 5.74) is 2.30. The molecule has 19 heavy (non-hydrogen) atoms. The molecule has 0 fully saturated rings. The zero-order chi connectivity index (χ0) is 13.8. The van der Waals surface area contributed by atoms with Crippen molar-refractivity contribution in [2.45, 2.75) is 32.9 Å². The Morgan fingerprint density at radius 1 is 1.37 bits per heavy atom. The number of hydrogen-bond donors (Lipinski definition) is 1. The Bertz CT molecular complexity index is 531. The van der Waals surface area contributed by atoms with Gasteiger partial charge in [-0.1, -0.05) is 6.92 Å². The molecule has 0 amide bonds. The average molecular weight is 326 g/mol. The smallest absolute Gasteiger partial charge is 0.0930 e. The first-order chi connectivity index (χ1) is 9.19. The first kappa shape index (κ1) is 14.3. The highest BCUT2D eigenvalue weighted by Gasteiger charge is 2.23. The molecule has 1 unspecified atom stereocenters. The number of hydrogen-bond acceptors (Lipinski definition) is 3. The number of nitrogens with zero attached hydrogens (tertiary/aromatic N) is 4. The van der Waals surface area contributed by atoms with Crippen molar-refractivity contribution in [3.05, 3.63) is 34.3 Å². The molecular weight excluding hydrogens is 306 g/mol. The lowest BCUT2D eigenvalue weighted by atomic mass is 10.1. The minimum atomic E-state index is 0.101. The maximum Gasteiger partial charge on any atom is 0.0930 e. The number of nitrogens with one attached hydrogen (secondary N) is 1. The summed E-state index contributed by atoms with van der Waals surface area (Å²) in [7, 11) is 1.97. The van der Waals surface area contributed by atoms with E-state index in [4.69, 9.17) is 0 Å². The van der Waals surface area contributed by atoms with Gasteiger partial charge in [-0.05, 0) is 41.9 Å². The number of halogens is 1. The highest BCUT2D eigenvalue weighted by molar-refractivity contribution is 9.10. The van der Waals surface area contributed by atoms with Crippen LogP contribution in [0.1, 0.15) is 37.7 Å². The van der Waals surface area contributed by atoms with Crippen molar-refractivity contribution < 1.29 is 0 Å². The second-order valence-corrected chi connectivity index (χ2v) is 5.31. The number of aryl methyl sites for hydroxylation is 2. The van der Waals surface area contributed by atoms with Crippen LogP contribution >= 0.6 is 15.9 Å². The monoisotopic (exact) mass is 325 g/mol. The molecule has 0 aliphatic rings. The van der Waals surface area contributed by atoms with Crippen molar-refractivity contribution in [3.8, 4) is 0 Å². The Morgan fingerprint density at radius 2 is 2.16 bits per heavy atom. The van der Waals surface area contributed by atoms with Gasteiger partial charge in [-0.25, -0.2) is 0 Å². The van der Waals surface area contributed by atoms with E-state index in [1.54, 1.807) is 0 Å². The predicted octanol–water partition coefficient (Wildman–Crippen LogP) is 2.49. The van der Waals surface area contributed by atoms with Gasteiger partial charge in [0.05, 0.1) is 28.1 Å². The van der Waals surface area contributed by atoms with Crippen LogP contribution in [-0.4, -0.2) is 26.1 Å². The molecule has 104 valence electrons. The molecule has 5 nitrogen and oxygen atoms in total. The van der Waals surface area contributed by atoms with Gasteiger partial charge in [0.2, 0.25) is 0 Å². The summed E-state index contributed by atoms with van der Waals surface area (Å²) < 4.78 is 4.96. The van der Waals surface area contributed by atoms with Crippen molar-refractivity contribution in [3.63, 3.8) is 0 Å². The first-order valence-corrected chi connectivity index (χ1v) is 7.40. The van der Waals surface area contributed by atoms with E-state index < -0.39 is 0 Å². The summed E-state index contributed by atoms with van der Waals surface area (Å²) in [6, 6.07) is 2.15. The molecular formula is C13H20BrN5. The van der Waals surface area contributed by atoms with E-state index in [0.29, 0.717) is 0 Å². The maximum absolute atomic E-state index is 4.40. The average Bonchev–Trinajstić information content (AvgIpc) is 2.98. The Kier molecular flexibility index (Phi) is 4.76. The van der Waals surface area contributed by atoms with Crippen LogP contribution < -0.4 is 5.32 Å².